The van der Waals surface area contributed by atoms with Crippen LogP contribution in [0.2, 0.25) is 0 Å². The lowest BCUT2D eigenvalue weighted by atomic mass is 10.1. The summed E-state index contributed by atoms with van der Waals surface area (Å²) < 4.78 is 34.7. The number of ether oxygens (including phenoxy) is 1. The number of halogens is 1. The van der Waals surface area contributed by atoms with Crippen LogP contribution in [-0.4, -0.2) is 49.7 Å². The van der Waals surface area contributed by atoms with E-state index in [2.05, 4.69) is 15.9 Å². The second-order valence-electron chi connectivity index (χ2n) is 3.41. The fourth-order valence-corrected chi connectivity index (χ4v) is 1.69. The summed E-state index contributed by atoms with van der Waals surface area (Å²) >= 11 is 2.79. The molecule has 1 aliphatic rings. The van der Waals surface area contributed by atoms with Gasteiger partial charge in [0.05, 0.1) is 16.5 Å². The number of aromatic amines is 1. The lowest BCUT2D eigenvalue weighted by Gasteiger charge is -2.17. The number of aliphatic hydroxyl groups is 3. The van der Waals surface area contributed by atoms with Crippen molar-refractivity contribution in [2.24, 2.45) is 0 Å². The van der Waals surface area contributed by atoms with E-state index in [0.717, 1.165) is 6.20 Å². The highest BCUT2D eigenvalue weighted by Gasteiger charge is 2.43. The molecule has 9 heteroatoms. The van der Waals surface area contributed by atoms with E-state index in [-0.39, 0.29) is 4.47 Å². The van der Waals surface area contributed by atoms with Crippen molar-refractivity contribution in [2.45, 2.75) is 24.5 Å². The molecule has 0 saturated carbocycles. The summed E-state index contributed by atoms with van der Waals surface area (Å²) in [7, 11) is 0. The summed E-state index contributed by atoms with van der Waals surface area (Å²) in [6.45, 7) is -3.19. The van der Waals surface area contributed by atoms with Gasteiger partial charge in [-0.05, 0) is 15.9 Å². The zero-order valence-corrected chi connectivity index (χ0v) is 10.2. The smallest absolute Gasteiger partial charge is 0.330 e. The second kappa shape index (κ2) is 4.94. The van der Waals surface area contributed by atoms with Crippen molar-refractivity contribution in [3.8, 4) is 0 Å². The van der Waals surface area contributed by atoms with E-state index in [0.29, 0.717) is 4.57 Å². The Labute approximate surface area is 114 Å². The number of nitrogens with one attached hydrogen (secondary N) is 1. The third kappa shape index (κ3) is 2.15. The molecule has 100 valence electrons. The first-order valence-electron chi connectivity index (χ1n) is 6.65. The zero-order chi connectivity index (χ0) is 17.1. The zero-order valence-electron chi connectivity index (χ0n) is 12.6. The Morgan fingerprint density at radius 1 is 1.61 bits per heavy atom. The molecule has 0 bridgehead atoms. The predicted octanol–water partition coefficient (Wildman–Crippen LogP) is -2.09. The van der Waals surface area contributed by atoms with Crippen LogP contribution in [-0.2, 0) is 4.74 Å². The molecule has 4 atom stereocenters. The molecule has 0 radical (unpaired) electrons. The quantitative estimate of drug-likeness (QED) is 0.494. The molecular weight excluding hydrogens is 312 g/mol. The van der Waals surface area contributed by atoms with Crippen LogP contribution >= 0.6 is 15.9 Å². The van der Waals surface area contributed by atoms with Gasteiger partial charge in [0.15, 0.2) is 6.20 Å². The lowest BCUT2D eigenvalue weighted by Crippen LogP contribution is -2.38. The van der Waals surface area contributed by atoms with Crippen molar-refractivity contribution in [1.82, 2.24) is 9.55 Å². The molecule has 8 nitrogen and oxygen atoms in total. The first kappa shape index (κ1) is 8.99. The molecule has 1 fully saturated rings. The molecular formula is C9H11BrN2O6. The molecule has 18 heavy (non-hydrogen) atoms. The van der Waals surface area contributed by atoms with Crippen molar-refractivity contribution < 1.29 is 25.5 Å². The van der Waals surface area contributed by atoms with Crippen LogP contribution in [0.3, 0.4) is 0 Å². The van der Waals surface area contributed by atoms with Gasteiger partial charge in [0.2, 0.25) is 0 Å². The predicted molar refractivity (Wildman–Crippen MR) is 62.0 cm³/mol. The lowest BCUT2D eigenvalue weighted by molar-refractivity contribution is -0.0551. The Balaban J connectivity index is 2.66. The maximum Gasteiger partial charge on any atom is 0.330 e. The highest BCUT2D eigenvalue weighted by Crippen LogP contribution is 2.28. The molecule has 0 amide bonds. The van der Waals surface area contributed by atoms with Gasteiger partial charge >= 0.3 is 5.69 Å². The number of aliphatic hydroxyl groups excluding tert-OH is 1. The van der Waals surface area contributed by atoms with Gasteiger partial charge in [0.25, 0.3) is 5.56 Å². The average Bonchev–Trinajstić information content (AvgIpc) is 2.55. The summed E-state index contributed by atoms with van der Waals surface area (Å²) in [6.07, 6.45) is -10.0. The second-order valence-corrected chi connectivity index (χ2v) is 4.26. The molecule has 0 aromatic carbocycles. The molecule has 1 aliphatic heterocycles. The van der Waals surface area contributed by atoms with Gasteiger partial charge in [-0.15, -0.1) is 0 Å². The van der Waals surface area contributed by atoms with Crippen LogP contribution in [0.4, 0.5) is 0 Å². The molecule has 2 heterocycles. The van der Waals surface area contributed by atoms with E-state index < -0.39 is 42.3 Å². The number of hydrogen-bond donors (Lipinski definition) is 4. The topological polar surface area (TPSA) is 125 Å². The summed E-state index contributed by atoms with van der Waals surface area (Å²) in [4.78, 5) is 24.9. The number of rotatable bonds is 2. The Hall–Kier alpha value is -1.00. The molecule has 1 saturated heterocycles. The summed E-state index contributed by atoms with van der Waals surface area (Å²) in [6, 6.07) is 0. The van der Waals surface area contributed by atoms with Crippen molar-refractivity contribution in [1.29, 1.82) is 0 Å². The standard InChI is InChI=1S/C9H11BrN2O6/c10-3-1-12(9(17)11-7(3)16)8-6(15)5(14)4(2-13)18-8/h1,4-6,8,13-15H,2H2,(H,11,16,17)/t4-,5-,6+,8-/m1/s1/i2D2,6D,8D. The largest absolute Gasteiger partial charge is 0.394 e. The minimum Gasteiger partial charge on any atom is -0.394 e. The fourth-order valence-electron chi connectivity index (χ4n) is 1.39. The van der Waals surface area contributed by atoms with Gasteiger partial charge in [-0.2, -0.15) is 0 Å². The number of nitrogens with zero attached hydrogens (tertiary/aromatic N) is 1. The van der Waals surface area contributed by atoms with E-state index in [1.807, 2.05) is 0 Å². The average molecular weight is 327 g/mol. The van der Waals surface area contributed by atoms with Crippen molar-refractivity contribution in [2.75, 3.05) is 6.56 Å². The number of hydrogen-bond acceptors (Lipinski definition) is 6. The normalized spacial score (nSPS) is 44.0. The maximum absolute atomic E-state index is 11.8. The number of aromatic nitrogens is 2. The summed E-state index contributed by atoms with van der Waals surface area (Å²) in [5, 5.41) is 29.1. The van der Waals surface area contributed by atoms with E-state index in [4.69, 9.17) is 10.2 Å². The van der Waals surface area contributed by atoms with Gasteiger partial charge in [0.1, 0.15) is 18.3 Å². The van der Waals surface area contributed by atoms with Crippen LogP contribution in [0, 0.1) is 0 Å². The van der Waals surface area contributed by atoms with Crippen molar-refractivity contribution >= 4 is 15.9 Å². The molecule has 1 aromatic heterocycles. The third-order valence-electron chi connectivity index (χ3n) is 2.27. The monoisotopic (exact) mass is 326 g/mol. The highest BCUT2D eigenvalue weighted by atomic mass is 79.9. The molecule has 1 aromatic rings. The Morgan fingerprint density at radius 3 is 2.83 bits per heavy atom. The molecule has 4 N–H and O–H groups in total. The van der Waals surface area contributed by atoms with E-state index in [9.17, 15) is 24.9 Å². The van der Waals surface area contributed by atoms with E-state index in [1.54, 1.807) is 4.98 Å². The van der Waals surface area contributed by atoms with Gasteiger partial charge < -0.3 is 20.1 Å². The minimum atomic E-state index is -3.21. The van der Waals surface area contributed by atoms with Gasteiger partial charge in [0, 0.05) is 6.20 Å². The Kier molecular flexibility index (Phi) is 2.47. The van der Waals surface area contributed by atoms with Gasteiger partial charge in [-0.1, -0.05) is 0 Å². The number of H-pyrrole nitrogens is 1. The fraction of sp³-hybridized carbons (Fsp3) is 0.556. The summed E-state index contributed by atoms with van der Waals surface area (Å²) in [5.41, 5.74) is -2.08. The molecule has 0 spiro atoms. The minimum absolute atomic E-state index is 0.233. The van der Waals surface area contributed by atoms with Crippen molar-refractivity contribution in [3.05, 3.63) is 31.5 Å². The van der Waals surface area contributed by atoms with Crippen LogP contribution < -0.4 is 11.2 Å². The highest BCUT2D eigenvalue weighted by molar-refractivity contribution is 9.10. The van der Waals surface area contributed by atoms with Crippen LogP contribution in [0.25, 0.3) is 0 Å². The van der Waals surface area contributed by atoms with E-state index >= 15 is 0 Å². The van der Waals surface area contributed by atoms with E-state index in [1.165, 1.54) is 0 Å². The maximum atomic E-state index is 11.8. The van der Waals surface area contributed by atoms with Crippen LogP contribution in [0.15, 0.2) is 20.3 Å². The van der Waals surface area contributed by atoms with Gasteiger partial charge in [-0.3, -0.25) is 14.3 Å². The van der Waals surface area contributed by atoms with Crippen LogP contribution in [0.1, 0.15) is 11.7 Å². The third-order valence-corrected chi connectivity index (χ3v) is 2.83. The summed E-state index contributed by atoms with van der Waals surface area (Å²) in [5.74, 6) is 0. The first-order valence-corrected chi connectivity index (χ1v) is 5.44. The molecule has 2 rings (SSSR count). The van der Waals surface area contributed by atoms with Gasteiger partial charge in [-0.25, -0.2) is 4.79 Å². The van der Waals surface area contributed by atoms with Crippen LogP contribution in [0.5, 0.6) is 0 Å². The Bertz CT molecular complexity index is 715. The first-order chi connectivity index (χ1) is 9.82. The van der Waals surface area contributed by atoms with Crippen molar-refractivity contribution in [3.63, 3.8) is 0 Å². The molecule has 0 aliphatic carbocycles. The molecule has 0 unspecified atom stereocenters. The SMILES string of the molecule is [2H]C([2H])(O)[C@H]1O[C@@]([2H])(n2cc(Br)c(=O)[nH]c2=O)[C@@]([2H])(O)[C@@H]1O. The Morgan fingerprint density at radius 2 is 2.28 bits per heavy atom.